The summed E-state index contributed by atoms with van der Waals surface area (Å²) in [6.45, 7) is 5.08. The number of aryl methyl sites for hydroxylation is 3. The van der Waals surface area contributed by atoms with Crippen molar-refractivity contribution in [3.63, 3.8) is 0 Å². The molecule has 0 radical (unpaired) electrons. The minimum atomic E-state index is -4.07. The van der Waals surface area contributed by atoms with Crippen LogP contribution < -0.4 is 14.8 Å². The van der Waals surface area contributed by atoms with Gasteiger partial charge in [0.2, 0.25) is 16.4 Å². The number of nitrogens with one attached hydrogen (secondary N) is 1. The molecule has 1 atom stereocenters. The van der Waals surface area contributed by atoms with Gasteiger partial charge in [-0.25, -0.2) is 9.78 Å². The van der Waals surface area contributed by atoms with E-state index in [-0.39, 0.29) is 31.0 Å². The Morgan fingerprint density at radius 3 is 2.48 bits per heavy atom. The van der Waals surface area contributed by atoms with Crippen LogP contribution in [-0.2, 0) is 39.1 Å². The second-order valence-corrected chi connectivity index (χ2v) is 16.8. The van der Waals surface area contributed by atoms with E-state index in [1.54, 1.807) is 40.6 Å². The van der Waals surface area contributed by atoms with Gasteiger partial charge in [0.25, 0.3) is 10.1 Å². The second-order valence-electron chi connectivity index (χ2n) is 12.2. The normalized spacial score (nSPS) is 12.4. The molecule has 1 unspecified atom stereocenters. The number of aromatic nitrogens is 2. The molecule has 10 nitrogen and oxygen atoms in total. The number of anilines is 1. The molecule has 0 saturated carbocycles. The van der Waals surface area contributed by atoms with Gasteiger partial charge in [0, 0.05) is 47.7 Å². The molecule has 2 heterocycles. The van der Waals surface area contributed by atoms with E-state index in [2.05, 4.69) is 9.88 Å². The highest BCUT2D eigenvalue weighted by molar-refractivity contribution is 7.85. The van der Waals surface area contributed by atoms with Gasteiger partial charge in [-0.2, -0.15) is 13.0 Å². The molecule has 0 aliphatic rings. The maximum absolute atomic E-state index is 12.8. The molecule has 0 aliphatic heterocycles. The fourth-order valence-corrected chi connectivity index (χ4v) is 8.96. The first-order chi connectivity index (χ1) is 23.8. The lowest BCUT2D eigenvalue weighted by Crippen LogP contribution is -2.41. The van der Waals surface area contributed by atoms with Gasteiger partial charge in [-0.05, 0) is 75.1 Å². The number of carboxylic acid groups (broad SMARTS) is 1. The fourth-order valence-electron chi connectivity index (χ4n) is 5.77. The molecule has 5 rings (SSSR count). The Kier molecular flexibility index (Phi) is 12.7. The van der Waals surface area contributed by atoms with Gasteiger partial charge in [-0.3, -0.25) is 9.35 Å². The van der Waals surface area contributed by atoms with Crippen LogP contribution in [0.3, 0.4) is 0 Å². The highest BCUT2D eigenvalue weighted by atomic mass is 35.5. The molecule has 0 spiro atoms. The van der Waals surface area contributed by atoms with Gasteiger partial charge >= 0.3 is 5.97 Å². The number of hydrogen-bond acceptors (Lipinski definition) is 8. The quantitative estimate of drug-likeness (QED) is 0.0517. The van der Waals surface area contributed by atoms with Crippen molar-refractivity contribution in [1.82, 2.24) is 10.3 Å². The molecule has 266 valence electrons. The molecular weight excluding hydrogens is 740 g/mol. The van der Waals surface area contributed by atoms with Crippen LogP contribution in [0.5, 0.6) is 0 Å². The molecule has 0 aliphatic carbocycles. The van der Waals surface area contributed by atoms with E-state index in [0.29, 0.717) is 36.0 Å². The van der Waals surface area contributed by atoms with Gasteiger partial charge in [0.05, 0.1) is 22.4 Å². The van der Waals surface area contributed by atoms with E-state index in [1.807, 2.05) is 55.5 Å². The number of amides is 1. The lowest BCUT2D eigenvalue weighted by molar-refractivity contribution is -0.674. The van der Waals surface area contributed by atoms with Crippen molar-refractivity contribution >= 4 is 94.0 Å². The molecule has 5 aromatic rings. The summed E-state index contributed by atoms with van der Waals surface area (Å²) in [5.74, 6) is -1.42. The summed E-state index contributed by atoms with van der Waals surface area (Å²) in [4.78, 5) is 31.1. The van der Waals surface area contributed by atoms with Crippen LogP contribution in [0.1, 0.15) is 53.7 Å². The smallest absolute Gasteiger partial charge is 0.326 e. The molecule has 0 bridgehead atoms. The first-order valence-corrected chi connectivity index (χ1v) is 20.2. The minimum Gasteiger partial charge on any atom is -0.480 e. The number of halogens is 2. The zero-order valence-corrected chi connectivity index (χ0v) is 31.7. The summed E-state index contributed by atoms with van der Waals surface area (Å²) in [5.41, 5.74) is 4.38. The van der Waals surface area contributed by atoms with E-state index >= 15 is 0 Å². The molecule has 50 heavy (non-hydrogen) atoms. The van der Waals surface area contributed by atoms with Crippen molar-refractivity contribution in [3.8, 4) is 0 Å². The second kappa shape index (κ2) is 16.8. The number of fused-ring (bicyclic) bond motifs is 2. The van der Waals surface area contributed by atoms with Crippen molar-refractivity contribution in [2.45, 2.75) is 65.0 Å². The lowest BCUT2D eigenvalue weighted by atomic mass is 10.1. The number of thiazole rings is 2. The van der Waals surface area contributed by atoms with Crippen LogP contribution in [0.25, 0.3) is 20.4 Å². The van der Waals surface area contributed by atoms with E-state index in [9.17, 15) is 23.1 Å². The van der Waals surface area contributed by atoms with Crippen LogP contribution >= 0.6 is 45.9 Å². The molecule has 1 amide bonds. The monoisotopic (exact) mass is 777 g/mol. The zero-order valence-electron chi connectivity index (χ0n) is 27.7. The molecule has 2 aromatic heterocycles. The average Bonchev–Trinajstić information content (AvgIpc) is 3.62. The summed E-state index contributed by atoms with van der Waals surface area (Å²) in [6.07, 6.45) is 2.92. The largest absolute Gasteiger partial charge is 0.480 e. The van der Waals surface area contributed by atoms with Gasteiger partial charge in [-0.15, -0.1) is 11.3 Å². The fraction of sp³-hybridized carbons (Fsp3) is 0.371. The number of carbonyl (C=O) groups excluding carboxylic acids is 1. The van der Waals surface area contributed by atoms with Crippen molar-refractivity contribution < 1.29 is 32.2 Å². The Morgan fingerprint density at radius 1 is 1.02 bits per heavy atom. The van der Waals surface area contributed by atoms with Crippen molar-refractivity contribution in [1.29, 1.82) is 0 Å². The highest BCUT2D eigenvalue weighted by Gasteiger charge is 2.24. The third-order valence-corrected chi connectivity index (χ3v) is 12.0. The van der Waals surface area contributed by atoms with Crippen LogP contribution in [0.2, 0.25) is 10.0 Å². The maximum Gasteiger partial charge on any atom is 0.326 e. The number of carboxylic acids is 1. The third-order valence-electron chi connectivity index (χ3n) is 8.43. The first kappa shape index (κ1) is 37.9. The number of benzene rings is 3. The summed E-state index contributed by atoms with van der Waals surface area (Å²) >= 11 is 16.1. The first-order valence-electron chi connectivity index (χ1n) is 16.2. The molecule has 0 fully saturated rings. The topological polar surface area (TPSA) is 141 Å². The van der Waals surface area contributed by atoms with E-state index < -0.39 is 22.1 Å². The molecule has 15 heteroatoms. The number of carbonyl (C=O) groups is 2. The summed E-state index contributed by atoms with van der Waals surface area (Å²) in [6, 6.07) is 16.4. The lowest BCUT2D eigenvalue weighted by Gasteiger charge is -2.28. The number of hydrogen-bond donors (Lipinski definition) is 3. The number of aliphatic carboxylic acids is 1. The van der Waals surface area contributed by atoms with Crippen LogP contribution in [0, 0.1) is 6.92 Å². The Labute approximate surface area is 309 Å². The minimum absolute atomic E-state index is 0.130. The molecule has 3 aromatic carbocycles. The third kappa shape index (κ3) is 9.92. The summed E-state index contributed by atoms with van der Waals surface area (Å²) < 4.78 is 36.0. The number of nitrogens with zero attached hydrogens (tertiary/aromatic N) is 3. The van der Waals surface area contributed by atoms with Crippen molar-refractivity contribution in [3.05, 3.63) is 85.8 Å². The van der Waals surface area contributed by atoms with Crippen LogP contribution in [0.15, 0.2) is 54.6 Å². The maximum atomic E-state index is 12.8. The van der Waals surface area contributed by atoms with Gasteiger partial charge in [-0.1, -0.05) is 52.2 Å². The predicted octanol–water partition coefficient (Wildman–Crippen LogP) is 7.09. The van der Waals surface area contributed by atoms with Crippen LogP contribution in [-0.4, -0.2) is 59.8 Å². The van der Waals surface area contributed by atoms with Gasteiger partial charge in [0.1, 0.15) is 22.3 Å². The van der Waals surface area contributed by atoms with Gasteiger partial charge in [0.15, 0.2) is 0 Å². The predicted molar refractivity (Wildman–Crippen MR) is 202 cm³/mol. The van der Waals surface area contributed by atoms with E-state index in [4.69, 9.17) is 32.7 Å². The Bertz CT molecular complexity index is 2100. The number of unbranched alkanes of at least 4 members (excludes halogenated alkanes) is 1. The Hall–Kier alpha value is -3.33. The summed E-state index contributed by atoms with van der Waals surface area (Å²) in [7, 11) is -4.07. The number of rotatable bonds is 17. The van der Waals surface area contributed by atoms with Gasteiger partial charge < -0.3 is 15.3 Å². The van der Waals surface area contributed by atoms with Crippen molar-refractivity contribution in [2.75, 3.05) is 23.7 Å². The Balaban J connectivity index is 1.21. The highest BCUT2D eigenvalue weighted by Crippen LogP contribution is 2.33. The van der Waals surface area contributed by atoms with Crippen molar-refractivity contribution in [2.24, 2.45) is 0 Å². The van der Waals surface area contributed by atoms with E-state index in [1.165, 1.54) is 0 Å². The molecule has 0 saturated heterocycles. The van der Waals surface area contributed by atoms with E-state index in [0.717, 1.165) is 60.1 Å². The van der Waals surface area contributed by atoms with Crippen LogP contribution in [0.4, 0.5) is 5.69 Å². The zero-order chi connectivity index (χ0) is 36.0. The standard InChI is InChI=1S/C35H38Cl2N4O6S3/c1-22-7-10-25(11-8-22)40(23(2)35(43)44)18-15-31(42)38-16-3-4-17-41-28-20-24(36)9-13-29(28)49-33(41)21-32-39-34-26(6-5-19-50(45,46)47)27(37)12-14-30(34)48-32/h7-14,20,23H,3-6,15-19,21H2,1-2H3,(H2-,38,42,43,44,45,46,47)/p+1. The average molecular weight is 779 g/mol. The summed E-state index contributed by atoms with van der Waals surface area (Å²) in [5, 5.41) is 15.8. The SMILES string of the molecule is Cc1ccc(N(CCC(=O)NCCCC[n+]2c(Cc3nc4c(CCCS(=O)(=O)O)c(Cl)ccc4s3)sc3ccc(Cl)cc32)C(C)C(=O)O)cc1. The molecule has 3 N–H and O–H groups in total. The molecular formula is C35H39Cl2N4O6S3+. The Morgan fingerprint density at radius 2 is 1.76 bits per heavy atom.